The number of rotatable bonds is 6. The molecule has 0 aliphatic carbocycles. The van der Waals surface area contributed by atoms with Gasteiger partial charge < -0.3 is 9.47 Å². The number of ether oxygens (including phenoxy) is 2. The number of halogens is 3. The van der Waals surface area contributed by atoms with Gasteiger partial charge in [0, 0.05) is 6.42 Å². The zero-order valence-electron chi connectivity index (χ0n) is 13.2. The predicted molar refractivity (Wildman–Crippen MR) is 77.2 cm³/mol. The molecule has 0 aliphatic rings. The van der Waals surface area contributed by atoms with Crippen LogP contribution in [0.5, 0.6) is 0 Å². The molecular weight excluding hydrogens is 329 g/mol. The van der Waals surface area contributed by atoms with E-state index in [0.29, 0.717) is 31.2 Å². The highest BCUT2D eigenvalue weighted by Crippen LogP contribution is 2.19. The van der Waals surface area contributed by atoms with Crippen molar-refractivity contribution < 1.29 is 37.0 Å². The smallest absolute Gasteiger partial charge is 0.469 e. The lowest BCUT2D eigenvalue weighted by molar-refractivity contribution is -0.193. The van der Waals surface area contributed by atoms with Gasteiger partial charge in [-0.25, -0.2) is 9.59 Å². The summed E-state index contributed by atoms with van der Waals surface area (Å²) < 4.78 is 44.5. The van der Waals surface area contributed by atoms with E-state index in [1.165, 1.54) is 19.2 Å². The Labute approximate surface area is 136 Å². The monoisotopic (exact) mass is 346 g/mol. The first-order valence-corrected chi connectivity index (χ1v) is 7.15. The van der Waals surface area contributed by atoms with Gasteiger partial charge in [-0.3, -0.25) is 4.79 Å². The van der Waals surface area contributed by atoms with Crippen LogP contribution in [-0.4, -0.2) is 31.2 Å². The summed E-state index contributed by atoms with van der Waals surface area (Å²) in [6, 6.07) is 4.25. The first-order chi connectivity index (χ1) is 11.1. The molecule has 1 aromatic rings. The Morgan fingerprint density at radius 3 is 2.33 bits per heavy atom. The minimum atomic E-state index is -5.22. The van der Waals surface area contributed by atoms with Gasteiger partial charge in [-0.05, 0) is 49.4 Å². The topological polar surface area (TPSA) is 69.7 Å². The van der Waals surface area contributed by atoms with E-state index in [4.69, 9.17) is 0 Å². The van der Waals surface area contributed by atoms with Crippen LogP contribution in [0, 0.1) is 6.92 Å². The number of esters is 3. The van der Waals surface area contributed by atoms with Crippen LogP contribution in [0.2, 0.25) is 0 Å². The standard InChI is InChI=1S/C16H17F3O5/c1-10-9-12(14(21)24-15(22)16(17,18)19)8-7-11(10)5-3-4-6-13(20)23-2/h7-9H,3-6H2,1-2H3. The minimum Gasteiger partial charge on any atom is -0.469 e. The van der Waals surface area contributed by atoms with Crippen LogP contribution in [0.15, 0.2) is 18.2 Å². The largest absolute Gasteiger partial charge is 0.491 e. The number of aryl methyl sites for hydroxylation is 2. The number of hydrogen-bond donors (Lipinski definition) is 0. The summed E-state index contributed by atoms with van der Waals surface area (Å²) in [7, 11) is 1.31. The Morgan fingerprint density at radius 2 is 1.79 bits per heavy atom. The van der Waals surface area contributed by atoms with Crippen molar-refractivity contribution in [2.24, 2.45) is 0 Å². The third-order valence-electron chi connectivity index (χ3n) is 3.30. The first-order valence-electron chi connectivity index (χ1n) is 7.15. The van der Waals surface area contributed by atoms with Gasteiger partial charge in [0.05, 0.1) is 12.7 Å². The molecule has 0 aromatic heterocycles. The van der Waals surface area contributed by atoms with Gasteiger partial charge in [0.25, 0.3) is 0 Å². The molecule has 1 aromatic carbocycles. The van der Waals surface area contributed by atoms with Crippen molar-refractivity contribution >= 4 is 17.9 Å². The number of benzene rings is 1. The number of hydrogen-bond acceptors (Lipinski definition) is 5. The second-order valence-corrected chi connectivity index (χ2v) is 5.10. The van der Waals surface area contributed by atoms with Crippen molar-refractivity contribution in [1.82, 2.24) is 0 Å². The molecule has 0 bridgehead atoms. The van der Waals surface area contributed by atoms with Crippen molar-refractivity contribution in [3.05, 3.63) is 34.9 Å². The lowest BCUT2D eigenvalue weighted by atomic mass is 10.00. The Kier molecular flexibility index (Phi) is 6.94. The molecule has 8 heteroatoms. The maximum absolute atomic E-state index is 12.1. The van der Waals surface area contributed by atoms with E-state index < -0.39 is 18.1 Å². The number of carbonyl (C=O) groups is 3. The zero-order valence-corrected chi connectivity index (χ0v) is 13.2. The molecule has 0 radical (unpaired) electrons. The van der Waals surface area contributed by atoms with Crippen molar-refractivity contribution in [3.8, 4) is 0 Å². The Hall–Kier alpha value is -2.38. The predicted octanol–water partition coefficient (Wildman–Crippen LogP) is 3.13. The molecule has 0 fully saturated rings. The van der Waals surface area contributed by atoms with Crippen molar-refractivity contribution in [3.63, 3.8) is 0 Å². The van der Waals surface area contributed by atoms with Crippen molar-refractivity contribution in [1.29, 1.82) is 0 Å². The van der Waals surface area contributed by atoms with Crippen LogP contribution < -0.4 is 0 Å². The molecule has 0 saturated carbocycles. The molecule has 0 aliphatic heterocycles. The second kappa shape index (κ2) is 8.47. The summed E-state index contributed by atoms with van der Waals surface area (Å²) in [5.74, 6) is -4.19. The number of alkyl halides is 3. The molecule has 0 amide bonds. The molecule has 132 valence electrons. The SMILES string of the molecule is COC(=O)CCCCc1ccc(C(=O)OC(=O)C(F)(F)F)cc1C. The normalized spacial score (nSPS) is 11.0. The number of carbonyl (C=O) groups excluding carboxylic acids is 3. The summed E-state index contributed by atoms with van der Waals surface area (Å²) in [5.41, 5.74) is 1.43. The summed E-state index contributed by atoms with van der Waals surface area (Å²) in [5, 5.41) is 0. The van der Waals surface area contributed by atoms with Crippen LogP contribution in [0.3, 0.4) is 0 Å². The highest BCUT2D eigenvalue weighted by Gasteiger charge is 2.42. The van der Waals surface area contributed by atoms with Gasteiger partial charge in [-0.15, -0.1) is 0 Å². The Balaban J connectivity index is 2.62. The van der Waals surface area contributed by atoms with Crippen molar-refractivity contribution in [2.75, 3.05) is 7.11 Å². The maximum Gasteiger partial charge on any atom is 0.491 e. The van der Waals surface area contributed by atoms with E-state index in [1.54, 1.807) is 13.0 Å². The van der Waals surface area contributed by atoms with Crippen LogP contribution in [-0.2, 0) is 25.5 Å². The molecule has 0 N–H and O–H groups in total. The molecule has 0 heterocycles. The average Bonchev–Trinajstić information content (AvgIpc) is 2.51. The fourth-order valence-corrected chi connectivity index (χ4v) is 1.99. The van der Waals surface area contributed by atoms with Gasteiger partial charge in [0.2, 0.25) is 0 Å². The summed E-state index contributed by atoms with van der Waals surface area (Å²) in [6.07, 6.45) is -2.92. The van der Waals surface area contributed by atoms with Gasteiger partial charge >= 0.3 is 24.1 Å². The third-order valence-corrected chi connectivity index (χ3v) is 3.30. The molecule has 0 saturated heterocycles. The Bertz CT molecular complexity index is 623. The first kappa shape index (κ1) is 19.7. The molecule has 5 nitrogen and oxygen atoms in total. The zero-order chi connectivity index (χ0) is 18.3. The lowest BCUT2D eigenvalue weighted by Gasteiger charge is -2.09. The van der Waals surface area contributed by atoms with E-state index in [1.807, 2.05) is 0 Å². The van der Waals surface area contributed by atoms with Gasteiger partial charge in [0.15, 0.2) is 0 Å². The van der Waals surface area contributed by atoms with Crippen LogP contribution in [0.1, 0.15) is 40.7 Å². The van der Waals surface area contributed by atoms with Gasteiger partial charge in [-0.2, -0.15) is 13.2 Å². The molecule has 1 rings (SSSR count). The van der Waals surface area contributed by atoms with Crippen LogP contribution in [0.4, 0.5) is 13.2 Å². The van der Waals surface area contributed by atoms with Crippen LogP contribution in [0.25, 0.3) is 0 Å². The summed E-state index contributed by atoms with van der Waals surface area (Å²) in [4.78, 5) is 33.2. The average molecular weight is 346 g/mol. The minimum absolute atomic E-state index is 0.136. The number of unbranched alkanes of at least 4 members (excludes halogenated alkanes) is 1. The van der Waals surface area contributed by atoms with Crippen LogP contribution >= 0.6 is 0 Å². The lowest BCUT2D eigenvalue weighted by Crippen LogP contribution is -2.28. The fraction of sp³-hybridized carbons (Fsp3) is 0.438. The molecule has 0 atom stereocenters. The van der Waals surface area contributed by atoms with E-state index in [2.05, 4.69) is 9.47 Å². The Morgan fingerprint density at radius 1 is 1.12 bits per heavy atom. The van der Waals surface area contributed by atoms with Gasteiger partial charge in [-0.1, -0.05) is 6.07 Å². The quantitative estimate of drug-likeness (QED) is 0.450. The molecule has 24 heavy (non-hydrogen) atoms. The summed E-state index contributed by atoms with van der Waals surface area (Å²) >= 11 is 0. The van der Waals surface area contributed by atoms with E-state index in [9.17, 15) is 27.6 Å². The maximum atomic E-state index is 12.1. The van der Waals surface area contributed by atoms with E-state index >= 15 is 0 Å². The second-order valence-electron chi connectivity index (χ2n) is 5.10. The third kappa shape index (κ3) is 6.02. The van der Waals surface area contributed by atoms with E-state index in [0.717, 1.165) is 5.56 Å². The summed E-state index contributed by atoms with van der Waals surface area (Å²) in [6.45, 7) is 1.69. The fourth-order valence-electron chi connectivity index (χ4n) is 1.99. The van der Waals surface area contributed by atoms with Gasteiger partial charge in [0.1, 0.15) is 0 Å². The molecule has 0 unspecified atom stereocenters. The molecule has 0 spiro atoms. The number of methoxy groups -OCH3 is 1. The van der Waals surface area contributed by atoms with E-state index in [-0.39, 0.29) is 11.5 Å². The molecular formula is C16H17F3O5. The highest BCUT2D eigenvalue weighted by atomic mass is 19.4. The van der Waals surface area contributed by atoms with Crippen molar-refractivity contribution in [2.45, 2.75) is 38.8 Å². The highest BCUT2D eigenvalue weighted by molar-refractivity contribution is 5.98.